The van der Waals surface area contributed by atoms with Gasteiger partial charge in [0.1, 0.15) is 6.10 Å². The minimum Gasteiger partial charge on any atom is -0.493 e. The smallest absolute Gasteiger partial charge is 0.161 e. The maximum atomic E-state index is 9.63. The van der Waals surface area contributed by atoms with E-state index < -0.39 is 12.2 Å². The van der Waals surface area contributed by atoms with E-state index in [9.17, 15) is 10.2 Å². The Kier molecular flexibility index (Phi) is 3.94. The molecule has 2 unspecified atom stereocenters. The van der Waals surface area contributed by atoms with Crippen LogP contribution in [0.3, 0.4) is 0 Å². The summed E-state index contributed by atoms with van der Waals surface area (Å²) in [7, 11) is 3.07. The summed E-state index contributed by atoms with van der Waals surface area (Å²) in [4.78, 5) is 0. The average Bonchev–Trinajstić information content (AvgIpc) is 2.26. The molecule has 0 fully saturated rings. The van der Waals surface area contributed by atoms with Gasteiger partial charge in [-0.2, -0.15) is 0 Å². The molecule has 2 N–H and O–H groups in total. The number of benzene rings is 1. The largest absolute Gasteiger partial charge is 0.493 e. The van der Waals surface area contributed by atoms with E-state index in [2.05, 4.69) is 0 Å². The molecule has 0 aliphatic rings. The molecule has 0 saturated carbocycles. The molecule has 0 amide bonds. The standard InChI is InChI=1S/C11H16O4/c1-7(12)11(13)8-4-5-9(14-2)10(6-8)15-3/h4-7,11-13H,1-3H3. The Morgan fingerprint density at radius 2 is 1.67 bits per heavy atom. The van der Waals surface area contributed by atoms with Crippen LogP contribution in [0.25, 0.3) is 0 Å². The van der Waals surface area contributed by atoms with Crippen molar-refractivity contribution in [3.05, 3.63) is 23.8 Å². The summed E-state index contributed by atoms with van der Waals surface area (Å²) in [6.45, 7) is 1.53. The zero-order chi connectivity index (χ0) is 11.4. The Labute approximate surface area is 89.1 Å². The average molecular weight is 212 g/mol. The van der Waals surface area contributed by atoms with Crippen LogP contribution in [0, 0.1) is 0 Å². The summed E-state index contributed by atoms with van der Waals surface area (Å²) >= 11 is 0. The minimum absolute atomic E-state index is 0.537. The van der Waals surface area contributed by atoms with Gasteiger partial charge >= 0.3 is 0 Å². The van der Waals surface area contributed by atoms with Crippen LogP contribution in [-0.2, 0) is 0 Å². The highest BCUT2D eigenvalue weighted by Crippen LogP contribution is 2.30. The fourth-order valence-electron chi connectivity index (χ4n) is 1.32. The zero-order valence-corrected chi connectivity index (χ0v) is 9.10. The first-order valence-electron chi connectivity index (χ1n) is 4.68. The first kappa shape index (κ1) is 11.8. The van der Waals surface area contributed by atoms with Crippen LogP contribution in [-0.4, -0.2) is 30.5 Å². The lowest BCUT2D eigenvalue weighted by molar-refractivity contribution is 0.0304. The van der Waals surface area contributed by atoms with E-state index in [1.54, 1.807) is 25.3 Å². The number of hydrogen-bond acceptors (Lipinski definition) is 4. The van der Waals surface area contributed by atoms with Crippen molar-refractivity contribution in [2.24, 2.45) is 0 Å². The summed E-state index contributed by atoms with van der Waals surface area (Å²) in [5, 5.41) is 18.9. The number of hydrogen-bond donors (Lipinski definition) is 2. The molecule has 84 valence electrons. The number of ether oxygens (including phenoxy) is 2. The number of aliphatic hydroxyl groups excluding tert-OH is 2. The molecule has 0 aliphatic carbocycles. The van der Waals surface area contributed by atoms with Crippen LogP contribution in [0.4, 0.5) is 0 Å². The summed E-state index contributed by atoms with van der Waals surface area (Å²) < 4.78 is 10.2. The van der Waals surface area contributed by atoms with Gasteiger partial charge in [-0.05, 0) is 24.6 Å². The van der Waals surface area contributed by atoms with Gasteiger partial charge in [0.15, 0.2) is 11.5 Å². The van der Waals surface area contributed by atoms with Gasteiger partial charge in [0.25, 0.3) is 0 Å². The highest BCUT2D eigenvalue weighted by Gasteiger charge is 2.15. The van der Waals surface area contributed by atoms with Crippen LogP contribution in [0.15, 0.2) is 18.2 Å². The third-order valence-electron chi connectivity index (χ3n) is 2.21. The topological polar surface area (TPSA) is 58.9 Å². The Hall–Kier alpha value is -1.26. The third kappa shape index (κ3) is 2.61. The number of aliphatic hydroxyl groups is 2. The van der Waals surface area contributed by atoms with Crippen molar-refractivity contribution in [2.45, 2.75) is 19.1 Å². The summed E-state index contributed by atoms with van der Waals surface area (Å²) in [6, 6.07) is 5.04. The molecular weight excluding hydrogens is 196 g/mol. The van der Waals surface area contributed by atoms with Gasteiger partial charge in [0.2, 0.25) is 0 Å². The minimum atomic E-state index is -0.912. The van der Waals surface area contributed by atoms with E-state index in [0.29, 0.717) is 17.1 Å². The van der Waals surface area contributed by atoms with Crippen molar-refractivity contribution in [1.29, 1.82) is 0 Å². The quantitative estimate of drug-likeness (QED) is 0.785. The fraction of sp³-hybridized carbons (Fsp3) is 0.455. The zero-order valence-electron chi connectivity index (χ0n) is 9.10. The second kappa shape index (κ2) is 5.00. The lowest BCUT2D eigenvalue weighted by atomic mass is 10.1. The van der Waals surface area contributed by atoms with Crippen LogP contribution >= 0.6 is 0 Å². The van der Waals surface area contributed by atoms with Crippen molar-refractivity contribution in [2.75, 3.05) is 14.2 Å². The molecule has 0 radical (unpaired) electrons. The van der Waals surface area contributed by atoms with Gasteiger partial charge in [0, 0.05) is 0 Å². The van der Waals surface area contributed by atoms with Crippen molar-refractivity contribution in [1.82, 2.24) is 0 Å². The van der Waals surface area contributed by atoms with E-state index in [1.807, 2.05) is 0 Å². The Morgan fingerprint density at radius 3 is 2.13 bits per heavy atom. The van der Waals surface area contributed by atoms with Crippen LogP contribution in [0.1, 0.15) is 18.6 Å². The van der Waals surface area contributed by atoms with Crippen molar-refractivity contribution in [3.63, 3.8) is 0 Å². The molecule has 4 nitrogen and oxygen atoms in total. The second-order valence-electron chi connectivity index (χ2n) is 3.30. The SMILES string of the molecule is COc1ccc(C(O)C(C)O)cc1OC. The van der Waals surface area contributed by atoms with Crippen LogP contribution < -0.4 is 9.47 Å². The molecule has 0 saturated heterocycles. The molecule has 0 aromatic heterocycles. The van der Waals surface area contributed by atoms with Crippen LogP contribution in [0.2, 0.25) is 0 Å². The van der Waals surface area contributed by atoms with Gasteiger partial charge in [-0.15, -0.1) is 0 Å². The molecule has 0 aliphatic heterocycles. The highest BCUT2D eigenvalue weighted by molar-refractivity contribution is 5.43. The van der Waals surface area contributed by atoms with Crippen molar-refractivity contribution in [3.8, 4) is 11.5 Å². The van der Waals surface area contributed by atoms with Crippen molar-refractivity contribution < 1.29 is 19.7 Å². The lowest BCUT2D eigenvalue weighted by Crippen LogP contribution is -2.13. The Morgan fingerprint density at radius 1 is 1.07 bits per heavy atom. The highest BCUT2D eigenvalue weighted by atomic mass is 16.5. The van der Waals surface area contributed by atoms with Gasteiger partial charge < -0.3 is 19.7 Å². The molecule has 4 heteroatoms. The number of methoxy groups -OCH3 is 2. The van der Waals surface area contributed by atoms with Gasteiger partial charge in [-0.1, -0.05) is 6.07 Å². The summed E-state index contributed by atoms with van der Waals surface area (Å²) in [5.74, 6) is 1.13. The predicted molar refractivity (Wildman–Crippen MR) is 56.2 cm³/mol. The van der Waals surface area contributed by atoms with E-state index in [0.717, 1.165) is 0 Å². The fourth-order valence-corrected chi connectivity index (χ4v) is 1.32. The van der Waals surface area contributed by atoms with Gasteiger partial charge in [-0.25, -0.2) is 0 Å². The maximum absolute atomic E-state index is 9.63. The first-order chi connectivity index (χ1) is 7.10. The third-order valence-corrected chi connectivity index (χ3v) is 2.21. The van der Waals surface area contributed by atoms with E-state index in [-0.39, 0.29) is 0 Å². The molecule has 0 bridgehead atoms. The summed E-state index contributed by atoms with van der Waals surface area (Å²) in [5.41, 5.74) is 0.600. The Bertz CT molecular complexity index is 322. The molecule has 1 aromatic carbocycles. The molecular formula is C11H16O4. The Balaban J connectivity index is 3.02. The molecule has 0 spiro atoms. The maximum Gasteiger partial charge on any atom is 0.161 e. The monoisotopic (exact) mass is 212 g/mol. The molecule has 0 heterocycles. The molecule has 15 heavy (non-hydrogen) atoms. The van der Waals surface area contributed by atoms with Gasteiger partial charge in [-0.3, -0.25) is 0 Å². The second-order valence-corrected chi connectivity index (χ2v) is 3.30. The number of rotatable bonds is 4. The molecule has 2 atom stereocenters. The normalized spacial score (nSPS) is 14.5. The predicted octanol–water partition coefficient (Wildman–Crippen LogP) is 1.12. The van der Waals surface area contributed by atoms with Gasteiger partial charge in [0.05, 0.1) is 20.3 Å². The molecule has 1 aromatic rings. The van der Waals surface area contributed by atoms with Crippen LogP contribution in [0.5, 0.6) is 11.5 Å². The molecule has 1 rings (SSSR count). The van der Waals surface area contributed by atoms with E-state index >= 15 is 0 Å². The summed E-state index contributed by atoms with van der Waals surface area (Å²) in [6.07, 6.45) is -1.73. The first-order valence-corrected chi connectivity index (χ1v) is 4.68. The van der Waals surface area contributed by atoms with E-state index in [4.69, 9.17) is 9.47 Å². The lowest BCUT2D eigenvalue weighted by Gasteiger charge is -2.16. The van der Waals surface area contributed by atoms with Crippen molar-refractivity contribution >= 4 is 0 Å². The van der Waals surface area contributed by atoms with E-state index in [1.165, 1.54) is 14.0 Å².